The third kappa shape index (κ3) is 2.13. The van der Waals surface area contributed by atoms with Gasteiger partial charge < -0.3 is 10.2 Å². The summed E-state index contributed by atoms with van der Waals surface area (Å²) < 4.78 is 0. The maximum absolute atomic E-state index is 10.7. The molecule has 0 saturated heterocycles. The second-order valence-corrected chi connectivity index (χ2v) is 4.78. The summed E-state index contributed by atoms with van der Waals surface area (Å²) in [5, 5.41) is 20.2. The molecule has 0 amide bonds. The molecule has 2 N–H and O–H groups in total. The summed E-state index contributed by atoms with van der Waals surface area (Å²) in [6.07, 6.45) is 5.63. The lowest BCUT2D eigenvalue weighted by Crippen LogP contribution is -2.39. The van der Waals surface area contributed by atoms with Crippen molar-refractivity contribution in [2.75, 3.05) is 6.61 Å². The fraction of sp³-hybridized carbons (Fsp3) is 0.571. The zero-order chi connectivity index (χ0) is 11.4. The summed E-state index contributed by atoms with van der Waals surface area (Å²) in [7, 11) is 0. The molecule has 0 radical (unpaired) electrons. The van der Waals surface area contributed by atoms with Crippen LogP contribution in [0.25, 0.3) is 0 Å². The van der Waals surface area contributed by atoms with E-state index in [1.54, 1.807) is 0 Å². The number of aliphatic hydroxyl groups is 2. The molecule has 0 bridgehead atoms. The van der Waals surface area contributed by atoms with E-state index < -0.39 is 5.60 Å². The Kier molecular flexibility index (Phi) is 3.62. The van der Waals surface area contributed by atoms with E-state index in [0.717, 1.165) is 18.4 Å². The third-order valence-corrected chi connectivity index (χ3v) is 3.80. The molecular weight excluding hydrogens is 200 g/mol. The fourth-order valence-corrected chi connectivity index (χ4v) is 2.76. The van der Waals surface area contributed by atoms with Crippen LogP contribution in [-0.2, 0) is 5.60 Å². The molecule has 1 saturated carbocycles. The molecule has 2 heteroatoms. The summed E-state index contributed by atoms with van der Waals surface area (Å²) in [6, 6.07) is 9.58. The van der Waals surface area contributed by atoms with Crippen molar-refractivity contribution in [2.24, 2.45) is 5.92 Å². The Labute approximate surface area is 96.9 Å². The molecule has 0 aromatic heterocycles. The molecule has 1 fully saturated rings. The van der Waals surface area contributed by atoms with E-state index in [0.29, 0.717) is 0 Å². The summed E-state index contributed by atoms with van der Waals surface area (Å²) in [5.74, 6) is 0.202. The predicted molar refractivity (Wildman–Crippen MR) is 64.0 cm³/mol. The first-order chi connectivity index (χ1) is 7.77. The molecular formula is C14H20O2. The van der Waals surface area contributed by atoms with Gasteiger partial charge in [0.05, 0.1) is 6.61 Å². The topological polar surface area (TPSA) is 40.5 Å². The van der Waals surface area contributed by atoms with Crippen LogP contribution in [0.1, 0.15) is 37.7 Å². The lowest BCUT2D eigenvalue weighted by molar-refractivity contribution is -0.0788. The van der Waals surface area contributed by atoms with Crippen molar-refractivity contribution < 1.29 is 10.2 Å². The Hall–Kier alpha value is -0.860. The Morgan fingerprint density at radius 1 is 1.06 bits per heavy atom. The maximum atomic E-state index is 10.7. The number of benzene rings is 1. The smallest absolute Gasteiger partial charge is 0.115 e. The first-order valence-electron chi connectivity index (χ1n) is 6.16. The quantitative estimate of drug-likeness (QED) is 0.821. The van der Waals surface area contributed by atoms with Crippen LogP contribution < -0.4 is 0 Å². The second-order valence-electron chi connectivity index (χ2n) is 4.78. The van der Waals surface area contributed by atoms with Crippen LogP contribution in [-0.4, -0.2) is 16.8 Å². The van der Waals surface area contributed by atoms with Crippen molar-refractivity contribution >= 4 is 0 Å². The van der Waals surface area contributed by atoms with Gasteiger partial charge in [-0.2, -0.15) is 0 Å². The average Bonchev–Trinajstić information content (AvgIpc) is 2.40. The summed E-state index contributed by atoms with van der Waals surface area (Å²) >= 11 is 0. The van der Waals surface area contributed by atoms with Crippen LogP contribution in [0.5, 0.6) is 0 Å². The molecule has 0 spiro atoms. The van der Waals surface area contributed by atoms with Crippen molar-refractivity contribution in [1.82, 2.24) is 0 Å². The lowest BCUT2D eigenvalue weighted by Gasteiger charge is -2.37. The molecule has 1 atom stereocenters. The third-order valence-electron chi connectivity index (χ3n) is 3.80. The van der Waals surface area contributed by atoms with E-state index in [4.69, 9.17) is 0 Å². The zero-order valence-corrected chi connectivity index (χ0v) is 9.60. The highest BCUT2D eigenvalue weighted by Gasteiger charge is 2.38. The van der Waals surface area contributed by atoms with E-state index in [2.05, 4.69) is 0 Å². The Balaban J connectivity index is 2.24. The van der Waals surface area contributed by atoms with Gasteiger partial charge in [0.1, 0.15) is 5.60 Å². The van der Waals surface area contributed by atoms with Crippen LogP contribution >= 0.6 is 0 Å². The molecule has 0 aliphatic heterocycles. The van der Waals surface area contributed by atoms with Gasteiger partial charge >= 0.3 is 0 Å². The average molecular weight is 220 g/mol. The van der Waals surface area contributed by atoms with Crippen LogP contribution in [0.3, 0.4) is 0 Å². The second kappa shape index (κ2) is 4.98. The molecule has 0 unspecified atom stereocenters. The molecule has 2 nitrogen and oxygen atoms in total. The van der Waals surface area contributed by atoms with Gasteiger partial charge in [0, 0.05) is 0 Å². The SMILES string of the molecule is OC[C@@](O)(c1ccccc1)C1CCCCC1. The number of aliphatic hydroxyl groups excluding tert-OH is 1. The minimum absolute atomic E-state index is 0.179. The Morgan fingerprint density at radius 2 is 1.69 bits per heavy atom. The van der Waals surface area contributed by atoms with Gasteiger partial charge in [0.25, 0.3) is 0 Å². The van der Waals surface area contributed by atoms with Crippen molar-refractivity contribution in [2.45, 2.75) is 37.7 Å². The number of hydrogen-bond acceptors (Lipinski definition) is 2. The Bertz CT molecular complexity index is 317. The van der Waals surface area contributed by atoms with Crippen molar-refractivity contribution in [3.63, 3.8) is 0 Å². The van der Waals surface area contributed by atoms with Gasteiger partial charge in [-0.1, -0.05) is 49.6 Å². The number of hydrogen-bond donors (Lipinski definition) is 2. The molecule has 1 aromatic carbocycles. The molecule has 88 valence electrons. The largest absolute Gasteiger partial charge is 0.393 e. The van der Waals surface area contributed by atoms with E-state index >= 15 is 0 Å². The van der Waals surface area contributed by atoms with Gasteiger partial charge in [0.2, 0.25) is 0 Å². The van der Waals surface area contributed by atoms with Crippen LogP contribution in [0, 0.1) is 5.92 Å². The molecule has 1 aliphatic rings. The summed E-state index contributed by atoms with van der Waals surface area (Å²) in [5.41, 5.74) is -0.189. The van der Waals surface area contributed by atoms with Gasteiger partial charge in [-0.15, -0.1) is 0 Å². The first kappa shape index (κ1) is 11.6. The minimum Gasteiger partial charge on any atom is -0.393 e. The van der Waals surface area contributed by atoms with E-state index in [1.807, 2.05) is 30.3 Å². The van der Waals surface area contributed by atoms with Crippen molar-refractivity contribution in [3.05, 3.63) is 35.9 Å². The van der Waals surface area contributed by atoms with Gasteiger partial charge in [-0.3, -0.25) is 0 Å². The first-order valence-corrected chi connectivity index (χ1v) is 6.16. The van der Waals surface area contributed by atoms with Gasteiger partial charge in [-0.25, -0.2) is 0 Å². The molecule has 1 aliphatic carbocycles. The van der Waals surface area contributed by atoms with Crippen molar-refractivity contribution in [3.8, 4) is 0 Å². The van der Waals surface area contributed by atoms with E-state index in [-0.39, 0.29) is 12.5 Å². The van der Waals surface area contributed by atoms with Gasteiger partial charge in [-0.05, 0) is 24.3 Å². The minimum atomic E-state index is -1.04. The maximum Gasteiger partial charge on any atom is 0.115 e. The molecule has 16 heavy (non-hydrogen) atoms. The van der Waals surface area contributed by atoms with Crippen molar-refractivity contribution in [1.29, 1.82) is 0 Å². The highest BCUT2D eigenvalue weighted by molar-refractivity contribution is 5.23. The molecule has 2 rings (SSSR count). The summed E-state index contributed by atoms with van der Waals surface area (Å²) in [6.45, 7) is -0.179. The van der Waals surface area contributed by atoms with Crippen LogP contribution in [0.15, 0.2) is 30.3 Å². The van der Waals surface area contributed by atoms with Gasteiger partial charge in [0.15, 0.2) is 0 Å². The molecule has 0 heterocycles. The fourth-order valence-electron chi connectivity index (χ4n) is 2.76. The van der Waals surface area contributed by atoms with Crippen LogP contribution in [0.2, 0.25) is 0 Å². The highest BCUT2D eigenvalue weighted by Crippen LogP contribution is 2.38. The normalized spacial score (nSPS) is 21.6. The van der Waals surface area contributed by atoms with Crippen LogP contribution in [0.4, 0.5) is 0 Å². The standard InChI is InChI=1S/C14H20O2/c15-11-14(16,12-7-3-1-4-8-12)13-9-5-2-6-10-13/h1,3-4,7-8,13,15-16H,2,5-6,9-11H2/t14-/m1/s1. The molecule has 1 aromatic rings. The summed E-state index contributed by atoms with van der Waals surface area (Å²) in [4.78, 5) is 0. The van der Waals surface area contributed by atoms with E-state index in [9.17, 15) is 10.2 Å². The number of rotatable bonds is 3. The lowest BCUT2D eigenvalue weighted by atomic mass is 9.74. The van der Waals surface area contributed by atoms with E-state index in [1.165, 1.54) is 19.3 Å². The monoisotopic (exact) mass is 220 g/mol. The Morgan fingerprint density at radius 3 is 2.25 bits per heavy atom. The zero-order valence-electron chi connectivity index (χ0n) is 9.60. The highest BCUT2D eigenvalue weighted by atomic mass is 16.3. The predicted octanol–water partition coefficient (Wildman–Crippen LogP) is 2.45.